The van der Waals surface area contributed by atoms with Gasteiger partial charge in [-0.3, -0.25) is 4.79 Å². The number of halogens is 2. The highest BCUT2D eigenvalue weighted by Gasteiger charge is 2.05. The number of hydrazone groups is 1. The zero-order valence-electron chi connectivity index (χ0n) is 10.2. The van der Waals surface area contributed by atoms with E-state index in [4.69, 9.17) is 20.8 Å². The van der Waals surface area contributed by atoms with Gasteiger partial charge in [0.15, 0.2) is 6.61 Å². The number of benzene rings is 1. The summed E-state index contributed by atoms with van der Waals surface area (Å²) in [6, 6.07) is 8.48. The maximum atomic E-state index is 11.5. The molecule has 0 bridgehead atoms. The van der Waals surface area contributed by atoms with Crippen molar-refractivity contribution in [1.82, 2.24) is 5.43 Å². The van der Waals surface area contributed by atoms with Gasteiger partial charge in [0.05, 0.1) is 17.0 Å². The second-order valence-corrected chi connectivity index (χ2v) is 4.96. The van der Waals surface area contributed by atoms with Crippen LogP contribution in [0, 0.1) is 0 Å². The predicted molar refractivity (Wildman–Crippen MR) is 79.1 cm³/mol. The summed E-state index contributed by atoms with van der Waals surface area (Å²) < 4.78 is 11.0. The topological polar surface area (TPSA) is 63.8 Å². The number of hydrogen-bond donors (Lipinski definition) is 1. The van der Waals surface area contributed by atoms with Crippen LogP contribution in [0.5, 0.6) is 5.75 Å². The summed E-state index contributed by atoms with van der Waals surface area (Å²) in [6.07, 6.45) is 2.92. The van der Waals surface area contributed by atoms with Gasteiger partial charge in [-0.2, -0.15) is 5.10 Å². The van der Waals surface area contributed by atoms with Crippen LogP contribution in [0.4, 0.5) is 0 Å². The van der Waals surface area contributed by atoms with Crippen LogP contribution in [0.1, 0.15) is 5.76 Å². The van der Waals surface area contributed by atoms with Crippen molar-refractivity contribution in [3.05, 3.63) is 51.9 Å². The molecule has 0 atom stereocenters. The predicted octanol–water partition coefficient (Wildman–Crippen LogP) is 3.22. The molecule has 0 fully saturated rings. The number of rotatable bonds is 5. The second-order valence-electron chi connectivity index (χ2n) is 3.67. The normalized spacial score (nSPS) is 10.7. The van der Waals surface area contributed by atoms with Gasteiger partial charge in [-0.1, -0.05) is 11.6 Å². The molecular weight excluding hydrogens is 348 g/mol. The third-order valence-electron chi connectivity index (χ3n) is 2.18. The van der Waals surface area contributed by atoms with Gasteiger partial charge >= 0.3 is 0 Å². The fourth-order valence-corrected chi connectivity index (χ4v) is 2.10. The first-order valence-corrected chi connectivity index (χ1v) is 6.75. The Labute approximate surface area is 128 Å². The molecule has 5 nitrogen and oxygen atoms in total. The molecule has 20 heavy (non-hydrogen) atoms. The summed E-state index contributed by atoms with van der Waals surface area (Å²) >= 11 is 9.10. The molecule has 0 aliphatic heterocycles. The van der Waals surface area contributed by atoms with E-state index >= 15 is 0 Å². The summed E-state index contributed by atoms with van der Waals surface area (Å²) in [6.45, 7) is -0.157. The number of furan rings is 1. The number of nitrogens with zero attached hydrogens (tertiary/aromatic N) is 1. The molecule has 1 N–H and O–H groups in total. The summed E-state index contributed by atoms with van der Waals surface area (Å²) in [5.41, 5.74) is 2.33. The standard InChI is InChI=1S/C13H10BrClN2O3/c14-11-6-9(15)3-4-12(11)20-8-13(18)17-16-7-10-2-1-5-19-10/h1-7H,8H2,(H,17,18)/b16-7+. The zero-order valence-corrected chi connectivity index (χ0v) is 12.5. The van der Waals surface area contributed by atoms with Gasteiger partial charge in [0.25, 0.3) is 5.91 Å². The Balaban J connectivity index is 1.80. The average Bonchev–Trinajstić information content (AvgIpc) is 2.91. The highest BCUT2D eigenvalue weighted by atomic mass is 79.9. The zero-order chi connectivity index (χ0) is 14.4. The van der Waals surface area contributed by atoms with Gasteiger partial charge in [-0.25, -0.2) is 5.43 Å². The van der Waals surface area contributed by atoms with Crippen LogP contribution in [-0.4, -0.2) is 18.7 Å². The Morgan fingerprint density at radius 3 is 3.05 bits per heavy atom. The minimum atomic E-state index is -0.380. The summed E-state index contributed by atoms with van der Waals surface area (Å²) in [4.78, 5) is 11.5. The molecule has 1 amide bonds. The lowest BCUT2D eigenvalue weighted by Crippen LogP contribution is -2.24. The number of nitrogens with one attached hydrogen (secondary N) is 1. The van der Waals surface area contributed by atoms with Crippen LogP contribution in [-0.2, 0) is 4.79 Å². The SMILES string of the molecule is O=C(COc1ccc(Cl)cc1Br)N/N=C/c1ccco1. The van der Waals surface area contributed by atoms with Gasteiger partial charge < -0.3 is 9.15 Å². The van der Waals surface area contributed by atoms with E-state index < -0.39 is 0 Å². The van der Waals surface area contributed by atoms with Crippen LogP contribution >= 0.6 is 27.5 Å². The van der Waals surface area contributed by atoms with Gasteiger partial charge in [0.1, 0.15) is 11.5 Å². The molecule has 2 rings (SSSR count). The molecular formula is C13H10BrClN2O3. The molecule has 0 spiro atoms. The minimum Gasteiger partial charge on any atom is -0.483 e. The molecule has 0 unspecified atom stereocenters. The fourth-order valence-electron chi connectivity index (χ4n) is 1.30. The summed E-state index contributed by atoms with van der Waals surface area (Å²) in [5.74, 6) is 0.695. The molecule has 0 aliphatic rings. The van der Waals surface area contributed by atoms with Crippen molar-refractivity contribution in [1.29, 1.82) is 0 Å². The Morgan fingerprint density at radius 1 is 1.50 bits per heavy atom. The van der Waals surface area contributed by atoms with E-state index in [1.165, 1.54) is 12.5 Å². The Morgan fingerprint density at radius 2 is 2.35 bits per heavy atom. The number of amides is 1. The third-order valence-corrected chi connectivity index (χ3v) is 3.03. The Kier molecular flexibility index (Phi) is 5.20. The first kappa shape index (κ1) is 14.6. The molecule has 0 radical (unpaired) electrons. The highest BCUT2D eigenvalue weighted by molar-refractivity contribution is 9.10. The number of carbonyl (C=O) groups is 1. The average molecular weight is 358 g/mol. The molecule has 0 saturated heterocycles. The molecule has 0 saturated carbocycles. The monoisotopic (exact) mass is 356 g/mol. The molecule has 0 aliphatic carbocycles. The van der Waals surface area contributed by atoms with Crippen LogP contribution in [0.2, 0.25) is 5.02 Å². The Bertz CT molecular complexity index is 614. The van der Waals surface area contributed by atoms with Crippen molar-refractivity contribution < 1.29 is 13.9 Å². The number of hydrogen-bond acceptors (Lipinski definition) is 4. The summed E-state index contributed by atoms with van der Waals surface area (Å²) in [5, 5.41) is 4.31. The first-order valence-electron chi connectivity index (χ1n) is 5.58. The lowest BCUT2D eigenvalue weighted by atomic mass is 10.3. The molecule has 1 aromatic carbocycles. The van der Waals surface area contributed by atoms with E-state index in [0.29, 0.717) is 21.0 Å². The Hall–Kier alpha value is -1.79. The van der Waals surface area contributed by atoms with Crippen molar-refractivity contribution in [3.63, 3.8) is 0 Å². The largest absolute Gasteiger partial charge is 0.483 e. The smallest absolute Gasteiger partial charge is 0.277 e. The molecule has 2 aromatic rings. The fraction of sp³-hybridized carbons (Fsp3) is 0.0769. The third kappa shape index (κ3) is 4.40. The van der Waals surface area contributed by atoms with Gasteiger partial charge in [-0.05, 0) is 46.3 Å². The van der Waals surface area contributed by atoms with Crippen molar-refractivity contribution in [2.75, 3.05) is 6.61 Å². The number of ether oxygens (including phenoxy) is 1. The van der Waals surface area contributed by atoms with E-state index in [-0.39, 0.29) is 12.5 Å². The maximum absolute atomic E-state index is 11.5. The van der Waals surface area contributed by atoms with E-state index in [2.05, 4.69) is 26.5 Å². The first-order chi connectivity index (χ1) is 9.65. The maximum Gasteiger partial charge on any atom is 0.277 e. The molecule has 104 valence electrons. The van der Waals surface area contributed by atoms with E-state index in [9.17, 15) is 4.79 Å². The van der Waals surface area contributed by atoms with Gasteiger partial charge in [-0.15, -0.1) is 0 Å². The lowest BCUT2D eigenvalue weighted by Gasteiger charge is -2.07. The minimum absolute atomic E-state index is 0.157. The van der Waals surface area contributed by atoms with E-state index in [1.54, 1.807) is 30.3 Å². The summed E-state index contributed by atoms with van der Waals surface area (Å²) in [7, 11) is 0. The highest BCUT2D eigenvalue weighted by Crippen LogP contribution is 2.27. The number of carbonyl (C=O) groups excluding carboxylic acids is 1. The van der Waals surface area contributed by atoms with Crippen LogP contribution in [0.3, 0.4) is 0 Å². The van der Waals surface area contributed by atoms with E-state index in [0.717, 1.165) is 0 Å². The second kappa shape index (κ2) is 7.12. The van der Waals surface area contributed by atoms with E-state index in [1.807, 2.05) is 0 Å². The van der Waals surface area contributed by atoms with Crippen molar-refractivity contribution >= 4 is 39.7 Å². The molecule has 1 aromatic heterocycles. The quantitative estimate of drug-likeness (QED) is 0.660. The lowest BCUT2D eigenvalue weighted by molar-refractivity contribution is -0.123. The van der Waals surface area contributed by atoms with Gasteiger partial charge in [0.2, 0.25) is 0 Å². The van der Waals surface area contributed by atoms with Crippen LogP contribution in [0.15, 0.2) is 50.6 Å². The van der Waals surface area contributed by atoms with Crippen molar-refractivity contribution in [2.45, 2.75) is 0 Å². The molecule has 1 heterocycles. The van der Waals surface area contributed by atoms with Crippen LogP contribution < -0.4 is 10.2 Å². The van der Waals surface area contributed by atoms with Crippen molar-refractivity contribution in [3.8, 4) is 5.75 Å². The van der Waals surface area contributed by atoms with Crippen molar-refractivity contribution in [2.24, 2.45) is 5.10 Å². The van der Waals surface area contributed by atoms with Crippen LogP contribution in [0.25, 0.3) is 0 Å². The van der Waals surface area contributed by atoms with Gasteiger partial charge in [0, 0.05) is 5.02 Å². The molecule has 7 heteroatoms.